The minimum absolute atomic E-state index is 0.132. The maximum absolute atomic E-state index is 13.3. The molecule has 1 atom stereocenters. The van der Waals surface area contributed by atoms with Crippen LogP contribution in [0.4, 0.5) is 0 Å². The number of ketones is 2. The summed E-state index contributed by atoms with van der Waals surface area (Å²) in [5, 5.41) is 0.132. The third-order valence-corrected chi connectivity index (χ3v) is 5.76. The molecule has 28 heavy (non-hydrogen) atoms. The number of hydrogen-bond donors (Lipinski definition) is 1. The maximum Gasteiger partial charge on any atom is 0.218 e. The van der Waals surface area contributed by atoms with Crippen LogP contribution < -0.4 is 5.30 Å². The standard InChI is InChI=1S/C23H21O4P/c1-14-13-15(2)21(23(25)18-11-7-8-12-19(18)28(26)27)16(3)20(14)22(24)17-9-5-4-6-10-17/h4-13,28H,1-3H3,(H,26,27). The summed E-state index contributed by atoms with van der Waals surface area (Å²) in [7, 11) is -3.03. The van der Waals surface area contributed by atoms with Crippen molar-refractivity contribution in [2.24, 2.45) is 0 Å². The van der Waals surface area contributed by atoms with Crippen molar-refractivity contribution in [3.63, 3.8) is 0 Å². The van der Waals surface area contributed by atoms with E-state index >= 15 is 0 Å². The Bertz CT molecular complexity index is 1100. The van der Waals surface area contributed by atoms with Gasteiger partial charge in [-0.05, 0) is 43.5 Å². The van der Waals surface area contributed by atoms with Crippen LogP contribution in [0.5, 0.6) is 0 Å². The van der Waals surface area contributed by atoms with Crippen molar-refractivity contribution < 1.29 is 19.0 Å². The van der Waals surface area contributed by atoms with E-state index in [2.05, 4.69) is 0 Å². The highest BCUT2D eigenvalue weighted by Gasteiger charge is 2.24. The average molecular weight is 392 g/mol. The molecule has 3 aromatic carbocycles. The van der Waals surface area contributed by atoms with Crippen molar-refractivity contribution in [1.29, 1.82) is 0 Å². The first-order chi connectivity index (χ1) is 13.3. The molecule has 0 bridgehead atoms. The molecule has 142 valence electrons. The summed E-state index contributed by atoms with van der Waals surface area (Å²) in [5.74, 6) is -0.492. The molecule has 0 aliphatic rings. The smallest absolute Gasteiger partial charge is 0.218 e. The third-order valence-electron chi connectivity index (χ3n) is 4.86. The van der Waals surface area contributed by atoms with E-state index in [4.69, 9.17) is 0 Å². The largest absolute Gasteiger partial charge is 0.343 e. The molecule has 0 aliphatic carbocycles. The number of aryl methyl sites for hydroxylation is 2. The first-order valence-electron chi connectivity index (χ1n) is 8.90. The topological polar surface area (TPSA) is 71.4 Å². The lowest BCUT2D eigenvalue weighted by atomic mass is 9.86. The van der Waals surface area contributed by atoms with Crippen LogP contribution in [0, 0.1) is 20.8 Å². The normalized spacial score (nSPS) is 11.9. The molecule has 0 heterocycles. The second-order valence-electron chi connectivity index (χ2n) is 6.76. The Morgan fingerprint density at radius 3 is 1.93 bits per heavy atom. The molecule has 0 aromatic heterocycles. The lowest BCUT2D eigenvalue weighted by Crippen LogP contribution is -2.18. The summed E-state index contributed by atoms with van der Waals surface area (Å²) in [6.07, 6.45) is 0. The van der Waals surface area contributed by atoms with Gasteiger partial charge in [-0.3, -0.25) is 14.2 Å². The molecule has 0 amide bonds. The molecule has 0 aliphatic heterocycles. The van der Waals surface area contributed by atoms with Crippen LogP contribution >= 0.6 is 8.03 Å². The molecule has 4 nitrogen and oxygen atoms in total. The summed E-state index contributed by atoms with van der Waals surface area (Å²) in [4.78, 5) is 36.0. The lowest BCUT2D eigenvalue weighted by molar-refractivity contribution is 0.103. The van der Waals surface area contributed by atoms with Gasteiger partial charge in [0.05, 0.1) is 0 Å². The minimum Gasteiger partial charge on any atom is -0.343 e. The van der Waals surface area contributed by atoms with Crippen LogP contribution in [0.2, 0.25) is 0 Å². The van der Waals surface area contributed by atoms with Crippen LogP contribution in [0.1, 0.15) is 48.5 Å². The van der Waals surface area contributed by atoms with Gasteiger partial charge in [-0.2, -0.15) is 0 Å². The van der Waals surface area contributed by atoms with Crippen molar-refractivity contribution in [3.05, 3.63) is 99.6 Å². The molecule has 0 saturated carbocycles. The quantitative estimate of drug-likeness (QED) is 0.523. The Kier molecular flexibility index (Phi) is 5.73. The molecular weight excluding hydrogens is 371 g/mol. The van der Waals surface area contributed by atoms with E-state index in [0.717, 1.165) is 11.1 Å². The second-order valence-corrected chi connectivity index (χ2v) is 7.91. The predicted octanol–water partition coefficient (Wildman–Crippen LogP) is 4.17. The van der Waals surface area contributed by atoms with E-state index in [1.54, 1.807) is 49.4 Å². The monoisotopic (exact) mass is 392 g/mol. The SMILES string of the molecule is Cc1cc(C)c(C(=O)c2ccccc2[PH](=O)O)c(C)c1C(=O)c1ccccc1. The van der Waals surface area contributed by atoms with Crippen LogP contribution in [0.3, 0.4) is 0 Å². The van der Waals surface area contributed by atoms with Crippen molar-refractivity contribution in [3.8, 4) is 0 Å². The van der Waals surface area contributed by atoms with Gasteiger partial charge in [-0.25, -0.2) is 0 Å². The summed E-state index contributed by atoms with van der Waals surface area (Å²) in [6, 6.07) is 17.1. The van der Waals surface area contributed by atoms with Gasteiger partial charge in [0.2, 0.25) is 8.03 Å². The predicted molar refractivity (Wildman–Crippen MR) is 111 cm³/mol. The number of benzene rings is 3. The first kappa shape index (κ1) is 19.9. The van der Waals surface area contributed by atoms with Crippen LogP contribution in [-0.2, 0) is 4.57 Å². The van der Waals surface area contributed by atoms with E-state index in [9.17, 15) is 19.0 Å². The van der Waals surface area contributed by atoms with Crippen molar-refractivity contribution in [2.75, 3.05) is 0 Å². The van der Waals surface area contributed by atoms with E-state index in [1.807, 2.05) is 26.0 Å². The van der Waals surface area contributed by atoms with Gasteiger partial charge in [-0.15, -0.1) is 0 Å². The minimum atomic E-state index is -3.03. The van der Waals surface area contributed by atoms with Crippen LogP contribution in [0.25, 0.3) is 0 Å². The molecule has 0 fully saturated rings. The Labute approximate surface area is 164 Å². The van der Waals surface area contributed by atoms with Crippen molar-refractivity contribution in [1.82, 2.24) is 0 Å². The highest BCUT2D eigenvalue weighted by Crippen LogP contribution is 2.28. The zero-order valence-electron chi connectivity index (χ0n) is 15.9. The molecular formula is C23H21O4P. The molecule has 3 aromatic rings. The zero-order valence-corrected chi connectivity index (χ0v) is 16.9. The molecule has 0 spiro atoms. The van der Waals surface area contributed by atoms with Gasteiger partial charge in [0.15, 0.2) is 11.6 Å². The van der Waals surface area contributed by atoms with E-state index < -0.39 is 8.03 Å². The van der Waals surface area contributed by atoms with Crippen LogP contribution in [-0.4, -0.2) is 16.5 Å². The average Bonchev–Trinajstić information content (AvgIpc) is 2.68. The van der Waals surface area contributed by atoms with Crippen LogP contribution in [0.15, 0.2) is 60.7 Å². The Morgan fingerprint density at radius 2 is 1.32 bits per heavy atom. The van der Waals surface area contributed by atoms with Crippen molar-refractivity contribution >= 4 is 24.9 Å². The number of carbonyl (C=O) groups excluding carboxylic acids is 2. The number of hydrogen-bond acceptors (Lipinski definition) is 3. The fourth-order valence-corrected chi connectivity index (χ4v) is 4.29. The van der Waals surface area contributed by atoms with E-state index in [-0.39, 0.29) is 22.4 Å². The second kappa shape index (κ2) is 8.05. The highest BCUT2D eigenvalue weighted by atomic mass is 31.1. The number of carbonyl (C=O) groups is 2. The summed E-state index contributed by atoms with van der Waals surface area (Å²) in [5.41, 5.74) is 3.76. The van der Waals surface area contributed by atoms with Gasteiger partial charge in [-0.1, -0.05) is 54.6 Å². The Hall–Kier alpha value is -2.81. The summed E-state index contributed by atoms with van der Waals surface area (Å²) < 4.78 is 11.7. The molecule has 3 rings (SSSR count). The molecule has 1 N–H and O–H groups in total. The van der Waals surface area contributed by atoms with Gasteiger partial charge in [0, 0.05) is 27.6 Å². The van der Waals surface area contributed by atoms with Gasteiger partial charge in [0.25, 0.3) is 0 Å². The van der Waals surface area contributed by atoms with Gasteiger partial charge >= 0.3 is 0 Å². The molecule has 1 unspecified atom stereocenters. The first-order valence-corrected chi connectivity index (χ1v) is 10.3. The Morgan fingerprint density at radius 1 is 0.786 bits per heavy atom. The van der Waals surface area contributed by atoms with Gasteiger partial charge in [0.1, 0.15) is 0 Å². The Balaban J connectivity index is 2.20. The zero-order chi connectivity index (χ0) is 20.4. The fraction of sp³-hybridized carbons (Fsp3) is 0.130. The fourth-order valence-electron chi connectivity index (χ4n) is 3.62. The third kappa shape index (κ3) is 3.62. The maximum atomic E-state index is 13.3. The number of rotatable bonds is 5. The molecule has 0 saturated heterocycles. The summed E-state index contributed by atoms with van der Waals surface area (Å²) >= 11 is 0. The lowest BCUT2D eigenvalue weighted by Gasteiger charge is -2.17. The van der Waals surface area contributed by atoms with Gasteiger partial charge < -0.3 is 4.89 Å². The van der Waals surface area contributed by atoms with Crippen molar-refractivity contribution in [2.45, 2.75) is 20.8 Å². The molecule has 5 heteroatoms. The molecule has 0 radical (unpaired) electrons. The van der Waals surface area contributed by atoms with E-state index in [0.29, 0.717) is 22.3 Å². The van der Waals surface area contributed by atoms with E-state index in [1.165, 1.54) is 6.07 Å². The summed E-state index contributed by atoms with van der Waals surface area (Å²) in [6.45, 7) is 5.42. The highest BCUT2D eigenvalue weighted by molar-refractivity contribution is 7.47.